The van der Waals surface area contributed by atoms with E-state index in [1.54, 1.807) is 0 Å². The molecule has 1 heterocycles. The third kappa shape index (κ3) is 3.52. The summed E-state index contributed by atoms with van der Waals surface area (Å²) < 4.78 is 11.4. The van der Waals surface area contributed by atoms with Crippen LogP contribution in [0.2, 0.25) is 0 Å². The predicted molar refractivity (Wildman–Crippen MR) is 85.2 cm³/mol. The Morgan fingerprint density at radius 2 is 1.95 bits per heavy atom. The van der Waals surface area contributed by atoms with Crippen LogP contribution in [0.25, 0.3) is 0 Å². The fraction of sp³-hybridized carbons (Fsp3) is 0.667. The lowest BCUT2D eigenvalue weighted by atomic mass is 9.88. The summed E-state index contributed by atoms with van der Waals surface area (Å²) in [5, 5.41) is 3.63. The van der Waals surface area contributed by atoms with Gasteiger partial charge in [-0.25, -0.2) is 0 Å². The summed E-state index contributed by atoms with van der Waals surface area (Å²) >= 11 is 0. The second-order valence-corrected chi connectivity index (χ2v) is 6.75. The van der Waals surface area contributed by atoms with Crippen molar-refractivity contribution >= 4 is 0 Å². The summed E-state index contributed by atoms with van der Waals surface area (Å²) in [5.41, 5.74) is 1.42. The van der Waals surface area contributed by atoms with E-state index in [1.807, 2.05) is 0 Å². The van der Waals surface area contributed by atoms with E-state index in [0.717, 1.165) is 36.4 Å². The highest BCUT2D eigenvalue weighted by molar-refractivity contribution is 5.45. The zero-order valence-corrected chi connectivity index (χ0v) is 13.2. The molecule has 2 aliphatic rings. The smallest absolute Gasteiger partial charge is 0.161 e. The molecule has 1 fully saturated rings. The molecular formula is C18H27NO2. The molecule has 0 saturated heterocycles. The first-order chi connectivity index (χ1) is 10.2. The molecule has 21 heavy (non-hydrogen) atoms. The van der Waals surface area contributed by atoms with Gasteiger partial charge in [0.05, 0.1) is 0 Å². The number of hydrogen-bond donors (Lipinski definition) is 1. The Kier molecular flexibility index (Phi) is 4.69. The van der Waals surface area contributed by atoms with Gasteiger partial charge in [0.2, 0.25) is 0 Å². The van der Waals surface area contributed by atoms with Gasteiger partial charge in [0.15, 0.2) is 11.5 Å². The second-order valence-electron chi connectivity index (χ2n) is 6.75. The van der Waals surface area contributed by atoms with Crippen LogP contribution in [0, 0.1) is 11.8 Å². The highest BCUT2D eigenvalue weighted by Crippen LogP contribution is 2.42. The van der Waals surface area contributed by atoms with Gasteiger partial charge in [-0.2, -0.15) is 0 Å². The average Bonchev–Trinajstić information content (AvgIpc) is 2.95. The van der Waals surface area contributed by atoms with Crippen LogP contribution in [0.5, 0.6) is 11.5 Å². The van der Waals surface area contributed by atoms with Crippen LogP contribution >= 0.6 is 0 Å². The lowest BCUT2D eigenvalue weighted by molar-refractivity contribution is 0.171. The highest BCUT2D eigenvalue weighted by atomic mass is 16.6. The molecule has 0 amide bonds. The number of benzene rings is 1. The van der Waals surface area contributed by atoms with Crippen molar-refractivity contribution in [3.05, 3.63) is 23.8 Å². The van der Waals surface area contributed by atoms with Crippen molar-refractivity contribution in [3.63, 3.8) is 0 Å². The fourth-order valence-corrected chi connectivity index (χ4v) is 3.57. The van der Waals surface area contributed by atoms with Crippen molar-refractivity contribution in [2.45, 2.75) is 39.0 Å². The molecule has 1 aromatic carbocycles. The first kappa shape index (κ1) is 14.7. The Balaban J connectivity index is 1.67. The van der Waals surface area contributed by atoms with Crippen molar-refractivity contribution in [1.29, 1.82) is 0 Å². The van der Waals surface area contributed by atoms with Crippen LogP contribution in [0.1, 0.15) is 44.6 Å². The summed E-state index contributed by atoms with van der Waals surface area (Å²) in [5.74, 6) is 3.97. The van der Waals surface area contributed by atoms with E-state index < -0.39 is 0 Å². The number of fused-ring (bicyclic) bond motifs is 1. The van der Waals surface area contributed by atoms with Crippen molar-refractivity contribution < 1.29 is 9.47 Å². The highest BCUT2D eigenvalue weighted by Gasteiger charge is 2.29. The number of ether oxygens (including phenoxy) is 2. The minimum atomic E-state index is 0.664. The Labute approximate surface area is 128 Å². The van der Waals surface area contributed by atoms with E-state index in [1.165, 1.54) is 24.8 Å². The molecule has 1 saturated carbocycles. The summed E-state index contributed by atoms with van der Waals surface area (Å²) in [6, 6.07) is 6.53. The van der Waals surface area contributed by atoms with Gasteiger partial charge in [-0.1, -0.05) is 26.3 Å². The average molecular weight is 289 g/mol. The fourth-order valence-electron chi connectivity index (χ4n) is 3.57. The monoisotopic (exact) mass is 289 g/mol. The molecule has 1 aliphatic carbocycles. The Hall–Kier alpha value is -1.22. The van der Waals surface area contributed by atoms with Gasteiger partial charge in [0, 0.05) is 0 Å². The van der Waals surface area contributed by atoms with Crippen LogP contribution in [-0.2, 0) is 0 Å². The Morgan fingerprint density at radius 1 is 1.14 bits per heavy atom. The molecule has 1 aromatic rings. The van der Waals surface area contributed by atoms with Crippen LogP contribution in [0.3, 0.4) is 0 Å². The van der Waals surface area contributed by atoms with Gasteiger partial charge in [-0.05, 0) is 61.4 Å². The van der Waals surface area contributed by atoms with E-state index in [0.29, 0.717) is 19.1 Å². The molecule has 2 unspecified atom stereocenters. The molecular weight excluding hydrogens is 262 g/mol. The topological polar surface area (TPSA) is 30.5 Å². The number of nitrogens with one attached hydrogen (secondary N) is 1. The second kappa shape index (κ2) is 6.69. The predicted octanol–water partition coefficient (Wildman–Crippen LogP) is 3.59. The molecule has 0 radical (unpaired) electrons. The van der Waals surface area contributed by atoms with E-state index in [9.17, 15) is 0 Å². The summed E-state index contributed by atoms with van der Waals surface area (Å²) in [4.78, 5) is 0. The largest absolute Gasteiger partial charge is 0.486 e. The summed E-state index contributed by atoms with van der Waals surface area (Å²) in [7, 11) is 0. The van der Waals surface area contributed by atoms with Crippen LogP contribution < -0.4 is 14.8 Å². The van der Waals surface area contributed by atoms with E-state index in [-0.39, 0.29) is 0 Å². The molecule has 2 atom stereocenters. The number of hydrogen-bond acceptors (Lipinski definition) is 3. The first-order valence-electron chi connectivity index (χ1n) is 8.34. The molecule has 0 spiro atoms. The van der Waals surface area contributed by atoms with E-state index in [2.05, 4.69) is 37.4 Å². The van der Waals surface area contributed by atoms with Crippen molar-refractivity contribution in [3.8, 4) is 11.5 Å². The third-order valence-corrected chi connectivity index (χ3v) is 4.61. The van der Waals surface area contributed by atoms with Gasteiger partial charge < -0.3 is 14.8 Å². The van der Waals surface area contributed by atoms with Crippen molar-refractivity contribution in [2.75, 3.05) is 26.3 Å². The van der Waals surface area contributed by atoms with Crippen LogP contribution in [0.4, 0.5) is 0 Å². The third-order valence-electron chi connectivity index (χ3n) is 4.61. The zero-order valence-electron chi connectivity index (χ0n) is 13.2. The molecule has 1 N–H and O–H groups in total. The molecule has 0 aromatic heterocycles. The van der Waals surface area contributed by atoms with Crippen LogP contribution in [-0.4, -0.2) is 26.3 Å². The molecule has 3 rings (SSSR count). The van der Waals surface area contributed by atoms with E-state index in [4.69, 9.17) is 9.47 Å². The minimum Gasteiger partial charge on any atom is -0.486 e. The Morgan fingerprint density at radius 3 is 2.76 bits per heavy atom. The van der Waals surface area contributed by atoms with Crippen molar-refractivity contribution in [1.82, 2.24) is 5.32 Å². The SMILES string of the molecule is CC(C)CNCC1CCCC1c1ccc2c(c1)OCCO2. The van der Waals surface area contributed by atoms with Gasteiger partial charge in [0.1, 0.15) is 13.2 Å². The molecule has 3 nitrogen and oxygen atoms in total. The van der Waals surface area contributed by atoms with Gasteiger partial charge in [-0.3, -0.25) is 0 Å². The molecule has 3 heteroatoms. The van der Waals surface area contributed by atoms with Gasteiger partial charge >= 0.3 is 0 Å². The molecule has 1 aliphatic heterocycles. The lowest BCUT2D eigenvalue weighted by Crippen LogP contribution is -2.27. The summed E-state index contributed by atoms with van der Waals surface area (Å²) in [6.07, 6.45) is 3.98. The van der Waals surface area contributed by atoms with E-state index >= 15 is 0 Å². The first-order valence-corrected chi connectivity index (χ1v) is 8.34. The standard InChI is InChI=1S/C18H27NO2/c1-13(2)11-19-12-15-4-3-5-16(15)14-6-7-17-18(10-14)21-9-8-20-17/h6-7,10,13,15-16,19H,3-5,8-9,11-12H2,1-2H3. The van der Waals surface area contributed by atoms with Crippen LogP contribution in [0.15, 0.2) is 18.2 Å². The maximum Gasteiger partial charge on any atom is 0.161 e. The van der Waals surface area contributed by atoms with Gasteiger partial charge in [0.25, 0.3) is 0 Å². The Bertz CT molecular complexity index is 472. The quantitative estimate of drug-likeness (QED) is 0.898. The zero-order chi connectivity index (χ0) is 14.7. The summed E-state index contributed by atoms with van der Waals surface area (Å²) in [6.45, 7) is 8.11. The molecule has 116 valence electrons. The number of rotatable bonds is 5. The maximum atomic E-state index is 5.73. The minimum absolute atomic E-state index is 0.664. The normalized spacial score (nSPS) is 24.5. The maximum absolute atomic E-state index is 5.73. The van der Waals surface area contributed by atoms with Crippen molar-refractivity contribution in [2.24, 2.45) is 11.8 Å². The lowest BCUT2D eigenvalue weighted by Gasteiger charge is -2.24. The van der Waals surface area contributed by atoms with Gasteiger partial charge in [-0.15, -0.1) is 0 Å². The molecule has 0 bridgehead atoms.